The van der Waals surface area contributed by atoms with E-state index in [2.05, 4.69) is 0 Å². The first-order valence-electron chi connectivity index (χ1n) is 8.31. The largest absolute Gasteiger partial charge is 0.269 e. The van der Waals surface area contributed by atoms with Crippen molar-refractivity contribution in [2.75, 3.05) is 0 Å². The Morgan fingerprint density at radius 1 is 0.889 bits per heavy atom. The lowest BCUT2D eigenvalue weighted by molar-refractivity contribution is 0.585. The highest BCUT2D eigenvalue weighted by Crippen LogP contribution is 2.36. The smallest absolute Gasteiger partial charge is 0.227 e. The van der Waals surface area contributed by atoms with Gasteiger partial charge in [-0.3, -0.25) is 0 Å². The van der Waals surface area contributed by atoms with Gasteiger partial charge in [-0.2, -0.15) is 0 Å². The standard InChI is InChI=1S/C21H16ClNO2S2/c1-15-6-12-19(13-7-15)27(24,25)23-20-5-3-2-4-16(20)14-21(23)26-18-10-8-17(22)9-11-18/h2-14H,1H3. The van der Waals surface area contributed by atoms with E-state index in [9.17, 15) is 8.42 Å². The van der Waals surface area contributed by atoms with E-state index in [1.165, 1.54) is 15.7 Å². The monoisotopic (exact) mass is 413 g/mol. The summed E-state index contributed by atoms with van der Waals surface area (Å²) in [5, 5.41) is 2.16. The molecule has 0 unspecified atom stereocenters. The van der Waals surface area contributed by atoms with Crippen molar-refractivity contribution in [1.29, 1.82) is 0 Å². The number of rotatable bonds is 4. The van der Waals surface area contributed by atoms with Crippen LogP contribution in [-0.4, -0.2) is 12.4 Å². The van der Waals surface area contributed by atoms with Crippen LogP contribution in [0.25, 0.3) is 10.9 Å². The molecule has 0 N–H and O–H groups in total. The SMILES string of the molecule is Cc1ccc(S(=O)(=O)n2c(Sc3ccc(Cl)cc3)cc3ccccc32)cc1. The zero-order valence-corrected chi connectivity index (χ0v) is 16.9. The molecule has 4 rings (SSSR count). The maximum absolute atomic E-state index is 13.4. The molecule has 0 fully saturated rings. The molecule has 0 amide bonds. The molecule has 0 atom stereocenters. The fourth-order valence-corrected chi connectivity index (χ4v) is 5.68. The van der Waals surface area contributed by atoms with E-state index in [4.69, 9.17) is 11.6 Å². The quantitative estimate of drug-likeness (QED) is 0.412. The molecule has 27 heavy (non-hydrogen) atoms. The van der Waals surface area contributed by atoms with Crippen molar-refractivity contribution >= 4 is 44.3 Å². The van der Waals surface area contributed by atoms with Crippen LogP contribution in [-0.2, 0) is 10.0 Å². The second kappa shape index (κ2) is 7.08. The van der Waals surface area contributed by atoms with Gasteiger partial charge in [-0.1, -0.05) is 59.3 Å². The number of fused-ring (bicyclic) bond motifs is 1. The number of hydrogen-bond acceptors (Lipinski definition) is 3. The first kappa shape index (κ1) is 18.2. The van der Waals surface area contributed by atoms with Crippen LogP contribution in [0.4, 0.5) is 0 Å². The lowest BCUT2D eigenvalue weighted by Crippen LogP contribution is -2.13. The van der Waals surface area contributed by atoms with Crippen LogP contribution in [0.1, 0.15) is 5.56 Å². The van der Waals surface area contributed by atoms with Crippen molar-refractivity contribution in [2.24, 2.45) is 0 Å². The van der Waals surface area contributed by atoms with Gasteiger partial charge in [0, 0.05) is 15.3 Å². The van der Waals surface area contributed by atoms with Crippen LogP contribution < -0.4 is 0 Å². The van der Waals surface area contributed by atoms with E-state index in [1.54, 1.807) is 24.3 Å². The number of nitrogens with zero attached hydrogens (tertiary/aromatic N) is 1. The molecule has 0 spiro atoms. The number of aromatic nitrogens is 1. The highest BCUT2D eigenvalue weighted by atomic mass is 35.5. The summed E-state index contributed by atoms with van der Waals surface area (Å²) in [6, 6.07) is 23.7. The van der Waals surface area contributed by atoms with E-state index >= 15 is 0 Å². The number of hydrogen-bond donors (Lipinski definition) is 0. The van der Waals surface area contributed by atoms with Gasteiger partial charge >= 0.3 is 0 Å². The van der Waals surface area contributed by atoms with E-state index in [-0.39, 0.29) is 4.90 Å². The fourth-order valence-electron chi connectivity index (χ4n) is 2.86. The van der Waals surface area contributed by atoms with Crippen molar-refractivity contribution in [3.8, 4) is 0 Å². The number of halogens is 1. The molecule has 1 aromatic heterocycles. The van der Waals surface area contributed by atoms with Gasteiger partial charge in [0.2, 0.25) is 0 Å². The molecule has 0 aliphatic carbocycles. The summed E-state index contributed by atoms with van der Waals surface area (Å²) in [5.74, 6) is 0. The van der Waals surface area contributed by atoms with E-state index < -0.39 is 10.0 Å². The van der Waals surface area contributed by atoms with Crippen molar-refractivity contribution in [3.05, 3.63) is 89.4 Å². The highest BCUT2D eigenvalue weighted by Gasteiger charge is 2.23. The third kappa shape index (κ3) is 3.50. The van der Waals surface area contributed by atoms with Crippen LogP contribution >= 0.6 is 23.4 Å². The topological polar surface area (TPSA) is 39.1 Å². The zero-order valence-electron chi connectivity index (χ0n) is 14.5. The number of para-hydroxylation sites is 1. The summed E-state index contributed by atoms with van der Waals surface area (Å²) in [5.41, 5.74) is 1.68. The van der Waals surface area contributed by atoms with Crippen LogP contribution in [0.2, 0.25) is 5.02 Å². The van der Waals surface area contributed by atoms with E-state index in [0.29, 0.717) is 15.6 Å². The van der Waals surface area contributed by atoms with Crippen molar-refractivity contribution in [3.63, 3.8) is 0 Å². The summed E-state index contributed by atoms with van der Waals surface area (Å²) in [6.45, 7) is 1.93. The van der Waals surface area contributed by atoms with Crippen molar-refractivity contribution < 1.29 is 8.42 Å². The van der Waals surface area contributed by atoms with Crippen LogP contribution in [0.5, 0.6) is 0 Å². The Bertz CT molecular complexity index is 1210. The average molecular weight is 414 g/mol. The van der Waals surface area contributed by atoms with Gasteiger partial charge in [-0.15, -0.1) is 0 Å². The fraction of sp³-hybridized carbons (Fsp3) is 0.0476. The van der Waals surface area contributed by atoms with Crippen LogP contribution in [0.15, 0.2) is 93.7 Å². The molecule has 0 saturated heterocycles. The second-order valence-electron chi connectivity index (χ2n) is 6.18. The minimum Gasteiger partial charge on any atom is -0.227 e. The first-order chi connectivity index (χ1) is 12.9. The Hall–Kier alpha value is -2.21. The highest BCUT2D eigenvalue weighted by molar-refractivity contribution is 8.00. The average Bonchev–Trinajstić information content (AvgIpc) is 3.02. The van der Waals surface area contributed by atoms with Gasteiger partial charge in [0.15, 0.2) is 0 Å². The van der Waals surface area contributed by atoms with Crippen molar-refractivity contribution in [1.82, 2.24) is 3.97 Å². The van der Waals surface area contributed by atoms with Gasteiger partial charge in [0.1, 0.15) is 0 Å². The third-order valence-electron chi connectivity index (χ3n) is 4.23. The van der Waals surface area contributed by atoms with Crippen molar-refractivity contribution in [2.45, 2.75) is 21.7 Å². The normalized spacial score (nSPS) is 11.8. The molecular formula is C21H16ClNO2S2. The number of aryl methyl sites for hydroxylation is 1. The third-order valence-corrected chi connectivity index (χ3v) is 7.36. The minimum absolute atomic E-state index is 0.271. The Morgan fingerprint density at radius 2 is 1.56 bits per heavy atom. The van der Waals surface area contributed by atoms with Gasteiger partial charge in [-0.25, -0.2) is 12.4 Å². The molecule has 6 heteroatoms. The molecular weight excluding hydrogens is 398 g/mol. The molecule has 3 nitrogen and oxygen atoms in total. The van der Waals surface area contributed by atoms with E-state index in [0.717, 1.165) is 15.8 Å². The van der Waals surface area contributed by atoms with E-state index in [1.807, 2.05) is 61.5 Å². The summed E-state index contributed by atoms with van der Waals surface area (Å²) in [6.07, 6.45) is 0. The second-order valence-corrected chi connectivity index (χ2v) is 9.50. The van der Waals surface area contributed by atoms with Crippen LogP contribution in [0, 0.1) is 6.92 Å². The molecule has 0 aliphatic heterocycles. The molecule has 4 aromatic rings. The molecule has 136 valence electrons. The Morgan fingerprint density at radius 3 is 2.26 bits per heavy atom. The molecule has 1 heterocycles. The lowest BCUT2D eigenvalue weighted by Gasteiger charge is -2.12. The minimum atomic E-state index is -3.73. The van der Waals surface area contributed by atoms with Gasteiger partial charge in [-0.05, 0) is 55.5 Å². The zero-order chi connectivity index (χ0) is 19.0. The predicted molar refractivity (Wildman–Crippen MR) is 111 cm³/mol. The first-order valence-corrected chi connectivity index (χ1v) is 10.9. The van der Waals surface area contributed by atoms with Gasteiger partial charge in [0.05, 0.1) is 15.4 Å². The molecule has 3 aromatic carbocycles. The molecule has 0 aliphatic rings. The summed E-state index contributed by atoms with van der Waals surface area (Å²) in [4.78, 5) is 1.19. The maximum atomic E-state index is 13.4. The summed E-state index contributed by atoms with van der Waals surface area (Å²) < 4.78 is 28.3. The maximum Gasteiger partial charge on any atom is 0.269 e. The Kier molecular flexibility index (Phi) is 4.76. The van der Waals surface area contributed by atoms with Crippen LogP contribution in [0.3, 0.4) is 0 Å². The Labute approximate surface area is 167 Å². The molecule has 0 saturated carbocycles. The lowest BCUT2D eigenvalue weighted by atomic mass is 10.2. The summed E-state index contributed by atoms with van der Waals surface area (Å²) >= 11 is 7.36. The predicted octanol–water partition coefficient (Wildman–Crippen LogP) is 5.99. The number of benzene rings is 3. The summed E-state index contributed by atoms with van der Waals surface area (Å²) in [7, 11) is -3.73. The molecule has 0 bridgehead atoms. The van der Waals surface area contributed by atoms with Gasteiger partial charge in [0.25, 0.3) is 10.0 Å². The van der Waals surface area contributed by atoms with Gasteiger partial charge < -0.3 is 0 Å². The molecule has 0 radical (unpaired) electrons. The Balaban J connectivity index is 1.90.